The van der Waals surface area contributed by atoms with Gasteiger partial charge in [-0.2, -0.15) is 0 Å². The first kappa shape index (κ1) is 14.8. The summed E-state index contributed by atoms with van der Waals surface area (Å²) in [6, 6.07) is 3.94. The minimum atomic E-state index is -0.438. The van der Waals surface area contributed by atoms with Gasteiger partial charge in [-0.15, -0.1) is 0 Å². The van der Waals surface area contributed by atoms with Crippen LogP contribution in [-0.2, 0) is 0 Å². The zero-order chi connectivity index (χ0) is 15.4. The molecule has 0 aliphatic rings. The molecule has 0 atom stereocenters. The maximum Gasteiger partial charge on any atom is 0.261 e. The van der Waals surface area contributed by atoms with Gasteiger partial charge in [0.05, 0.1) is 23.5 Å². The Bertz CT molecular complexity index is 722. The molecule has 108 valence electrons. The first-order chi connectivity index (χ1) is 10.0. The van der Waals surface area contributed by atoms with E-state index in [0.29, 0.717) is 28.3 Å². The molecule has 0 aliphatic heterocycles. The van der Waals surface area contributed by atoms with Crippen molar-refractivity contribution in [2.75, 3.05) is 11.9 Å². The fraction of sp³-hybridized carbons (Fsp3) is 0.200. The summed E-state index contributed by atoms with van der Waals surface area (Å²) < 4.78 is 18.2. The van der Waals surface area contributed by atoms with Gasteiger partial charge in [0.15, 0.2) is 0 Å². The van der Waals surface area contributed by atoms with Gasteiger partial charge in [-0.25, -0.2) is 4.39 Å². The van der Waals surface area contributed by atoms with E-state index in [1.165, 1.54) is 18.2 Å². The van der Waals surface area contributed by atoms with Gasteiger partial charge in [-0.3, -0.25) is 4.79 Å². The quantitative estimate of drug-likeness (QED) is 0.828. The standard InChI is InChI=1S/C15H14FN3O2/c1-9-14(10(2)21-19-9)15(20)18-13-6-5-12(16)8-11(13)4-3-7-17/h5-6,8H,7,17H2,1-2H3,(H,18,20). The number of carbonyl (C=O) groups excluding carboxylic acids is 1. The van der Waals surface area contributed by atoms with Crippen molar-refractivity contribution in [3.63, 3.8) is 0 Å². The Morgan fingerprint density at radius 1 is 1.48 bits per heavy atom. The van der Waals surface area contributed by atoms with Crippen LogP contribution in [0.15, 0.2) is 22.7 Å². The number of carbonyl (C=O) groups is 1. The predicted octanol–water partition coefficient (Wildman–Crippen LogP) is 1.99. The van der Waals surface area contributed by atoms with Crippen LogP contribution in [0.4, 0.5) is 10.1 Å². The maximum absolute atomic E-state index is 13.3. The summed E-state index contributed by atoms with van der Waals surface area (Å²) in [4.78, 5) is 12.3. The van der Waals surface area contributed by atoms with Crippen LogP contribution in [0.1, 0.15) is 27.4 Å². The lowest BCUT2D eigenvalue weighted by atomic mass is 10.1. The molecule has 1 heterocycles. The fourth-order valence-electron chi connectivity index (χ4n) is 1.87. The Morgan fingerprint density at radius 2 is 2.24 bits per heavy atom. The lowest BCUT2D eigenvalue weighted by Crippen LogP contribution is -2.14. The van der Waals surface area contributed by atoms with Gasteiger partial charge in [0.1, 0.15) is 17.1 Å². The molecular formula is C15H14FN3O2. The Balaban J connectivity index is 2.33. The van der Waals surface area contributed by atoms with Crippen LogP contribution in [0.25, 0.3) is 0 Å². The second kappa shape index (κ2) is 6.20. The van der Waals surface area contributed by atoms with Crippen molar-refractivity contribution < 1.29 is 13.7 Å². The zero-order valence-corrected chi connectivity index (χ0v) is 11.7. The molecule has 0 radical (unpaired) electrons. The molecular weight excluding hydrogens is 273 g/mol. The number of rotatable bonds is 2. The van der Waals surface area contributed by atoms with Crippen molar-refractivity contribution in [1.82, 2.24) is 5.16 Å². The maximum atomic E-state index is 13.3. The molecule has 2 aromatic rings. The fourth-order valence-corrected chi connectivity index (χ4v) is 1.87. The molecule has 0 bridgehead atoms. The van der Waals surface area contributed by atoms with Crippen LogP contribution in [0.2, 0.25) is 0 Å². The van der Waals surface area contributed by atoms with Crippen LogP contribution < -0.4 is 11.1 Å². The number of hydrogen-bond acceptors (Lipinski definition) is 4. The van der Waals surface area contributed by atoms with E-state index in [-0.39, 0.29) is 12.5 Å². The number of anilines is 1. The Kier molecular flexibility index (Phi) is 4.36. The first-order valence-corrected chi connectivity index (χ1v) is 6.25. The Hall–Kier alpha value is -2.65. The summed E-state index contributed by atoms with van der Waals surface area (Å²) in [5.41, 5.74) is 6.92. The lowest BCUT2D eigenvalue weighted by molar-refractivity contribution is 0.102. The van der Waals surface area contributed by atoms with E-state index >= 15 is 0 Å². The second-order valence-corrected chi connectivity index (χ2v) is 4.35. The van der Waals surface area contributed by atoms with Gasteiger partial charge in [0, 0.05) is 0 Å². The number of nitrogens with zero attached hydrogens (tertiary/aromatic N) is 1. The topological polar surface area (TPSA) is 81.2 Å². The van der Waals surface area contributed by atoms with Crippen LogP contribution in [-0.4, -0.2) is 17.6 Å². The van der Waals surface area contributed by atoms with E-state index < -0.39 is 5.82 Å². The van der Waals surface area contributed by atoms with E-state index in [1.54, 1.807) is 13.8 Å². The van der Waals surface area contributed by atoms with Crippen molar-refractivity contribution in [2.24, 2.45) is 5.73 Å². The molecule has 0 spiro atoms. The number of halogens is 1. The number of nitrogens with one attached hydrogen (secondary N) is 1. The van der Waals surface area contributed by atoms with Gasteiger partial charge in [0.25, 0.3) is 5.91 Å². The van der Waals surface area contributed by atoms with Crippen LogP contribution >= 0.6 is 0 Å². The molecule has 2 rings (SSSR count). The SMILES string of the molecule is Cc1noc(C)c1C(=O)Nc1ccc(F)cc1C#CCN. The van der Waals surface area contributed by atoms with Crippen molar-refractivity contribution >= 4 is 11.6 Å². The summed E-state index contributed by atoms with van der Waals surface area (Å²) in [5.74, 6) is 4.96. The number of nitrogens with two attached hydrogens (primary N) is 1. The number of benzene rings is 1. The van der Waals surface area contributed by atoms with Gasteiger partial charge >= 0.3 is 0 Å². The summed E-state index contributed by atoms with van der Waals surface area (Å²) >= 11 is 0. The number of hydrogen-bond donors (Lipinski definition) is 2. The highest BCUT2D eigenvalue weighted by Gasteiger charge is 2.18. The van der Waals surface area contributed by atoms with Crippen molar-refractivity contribution in [2.45, 2.75) is 13.8 Å². The van der Waals surface area contributed by atoms with E-state index in [1.807, 2.05) is 0 Å². The molecule has 5 nitrogen and oxygen atoms in total. The molecule has 1 aromatic heterocycles. The molecule has 0 fully saturated rings. The first-order valence-electron chi connectivity index (χ1n) is 6.25. The van der Waals surface area contributed by atoms with Gasteiger partial charge < -0.3 is 15.6 Å². The summed E-state index contributed by atoms with van der Waals surface area (Å²) in [6.07, 6.45) is 0. The van der Waals surface area contributed by atoms with Crippen LogP contribution in [0, 0.1) is 31.5 Å². The highest BCUT2D eigenvalue weighted by Crippen LogP contribution is 2.19. The van der Waals surface area contributed by atoms with E-state index in [0.717, 1.165) is 0 Å². The molecule has 1 aromatic carbocycles. The molecule has 0 unspecified atom stereocenters. The highest BCUT2D eigenvalue weighted by molar-refractivity contribution is 6.06. The van der Waals surface area contributed by atoms with Crippen LogP contribution in [0.3, 0.4) is 0 Å². The minimum absolute atomic E-state index is 0.147. The number of amides is 1. The largest absolute Gasteiger partial charge is 0.361 e. The van der Waals surface area contributed by atoms with Gasteiger partial charge in [-0.1, -0.05) is 17.0 Å². The average Bonchev–Trinajstić information content (AvgIpc) is 2.78. The molecule has 3 N–H and O–H groups in total. The Labute approximate surface area is 121 Å². The smallest absolute Gasteiger partial charge is 0.261 e. The summed E-state index contributed by atoms with van der Waals surface area (Å²) in [7, 11) is 0. The van der Waals surface area contributed by atoms with Gasteiger partial charge in [-0.05, 0) is 32.0 Å². The molecule has 1 amide bonds. The summed E-state index contributed by atoms with van der Waals surface area (Å²) in [5, 5.41) is 6.41. The van der Waals surface area contributed by atoms with E-state index in [4.69, 9.17) is 10.3 Å². The molecule has 0 aliphatic carbocycles. The molecule has 0 saturated carbocycles. The third-order valence-electron chi connectivity index (χ3n) is 2.82. The monoisotopic (exact) mass is 287 g/mol. The van der Waals surface area contributed by atoms with Gasteiger partial charge in [0.2, 0.25) is 0 Å². The second-order valence-electron chi connectivity index (χ2n) is 4.35. The van der Waals surface area contributed by atoms with Crippen molar-refractivity contribution in [3.8, 4) is 11.8 Å². The summed E-state index contributed by atoms with van der Waals surface area (Å²) in [6.45, 7) is 3.47. The van der Waals surface area contributed by atoms with Crippen molar-refractivity contribution in [1.29, 1.82) is 0 Å². The molecule has 6 heteroatoms. The Morgan fingerprint density at radius 3 is 2.86 bits per heavy atom. The zero-order valence-electron chi connectivity index (χ0n) is 11.7. The van der Waals surface area contributed by atoms with Crippen LogP contribution in [0.5, 0.6) is 0 Å². The van der Waals surface area contributed by atoms with Crippen molar-refractivity contribution in [3.05, 3.63) is 46.6 Å². The van der Waals surface area contributed by atoms with E-state index in [2.05, 4.69) is 22.3 Å². The highest BCUT2D eigenvalue weighted by atomic mass is 19.1. The lowest BCUT2D eigenvalue weighted by Gasteiger charge is -2.07. The van der Waals surface area contributed by atoms with E-state index in [9.17, 15) is 9.18 Å². The third-order valence-corrected chi connectivity index (χ3v) is 2.82. The normalized spacial score (nSPS) is 9.90. The average molecular weight is 287 g/mol. The number of aromatic nitrogens is 1. The number of aryl methyl sites for hydroxylation is 2. The predicted molar refractivity (Wildman–Crippen MR) is 76.3 cm³/mol. The minimum Gasteiger partial charge on any atom is -0.361 e. The third kappa shape index (κ3) is 3.27. The molecule has 0 saturated heterocycles. The molecule has 21 heavy (non-hydrogen) atoms.